The second-order valence-electron chi connectivity index (χ2n) is 7.49. The standard InChI is InChI=1S/C21H27N3O2/c1-14-5-4-10-24(14)13-17-11-18(17)15-6-8-16(9-7-15)19-12-22-21(26-3)23-20(19)25-2/h6-9,12,14,17-18H,4-5,10-11,13H2,1-3H3/t14-,17?,18+/m1/s1. The summed E-state index contributed by atoms with van der Waals surface area (Å²) in [4.78, 5) is 11.1. The van der Waals surface area contributed by atoms with Crippen molar-refractivity contribution in [3.05, 3.63) is 36.0 Å². The smallest absolute Gasteiger partial charge is 0.319 e. The van der Waals surface area contributed by atoms with Crippen molar-refractivity contribution in [3.8, 4) is 23.0 Å². The van der Waals surface area contributed by atoms with Gasteiger partial charge in [0.15, 0.2) is 0 Å². The van der Waals surface area contributed by atoms with Gasteiger partial charge in [-0.1, -0.05) is 24.3 Å². The van der Waals surface area contributed by atoms with Gasteiger partial charge in [0.1, 0.15) is 0 Å². The van der Waals surface area contributed by atoms with E-state index in [-0.39, 0.29) is 0 Å². The fraction of sp³-hybridized carbons (Fsp3) is 0.524. The SMILES string of the molecule is COc1ncc(-c2ccc([C@@H]3CC3CN3CCC[C@H]3C)cc2)c(OC)n1. The lowest BCUT2D eigenvalue weighted by Gasteiger charge is -2.20. The van der Waals surface area contributed by atoms with E-state index in [1.54, 1.807) is 20.4 Å². The van der Waals surface area contributed by atoms with E-state index in [4.69, 9.17) is 9.47 Å². The second kappa shape index (κ2) is 7.23. The third kappa shape index (κ3) is 3.40. The highest BCUT2D eigenvalue weighted by molar-refractivity contribution is 5.68. The average Bonchev–Trinajstić information content (AvgIpc) is 3.34. The molecule has 1 unspecified atom stereocenters. The van der Waals surface area contributed by atoms with E-state index in [9.17, 15) is 0 Å². The van der Waals surface area contributed by atoms with Crippen LogP contribution in [-0.4, -0.2) is 48.2 Å². The Morgan fingerprint density at radius 3 is 2.62 bits per heavy atom. The summed E-state index contributed by atoms with van der Waals surface area (Å²) in [6, 6.07) is 9.88. The van der Waals surface area contributed by atoms with Gasteiger partial charge in [-0.25, -0.2) is 4.98 Å². The van der Waals surface area contributed by atoms with Gasteiger partial charge in [-0.2, -0.15) is 4.98 Å². The molecule has 1 saturated carbocycles. The van der Waals surface area contributed by atoms with Gasteiger partial charge in [-0.05, 0) is 55.7 Å². The average molecular weight is 353 g/mol. The Hall–Kier alpha value is -2.14. The van der Waals surface area contributed by atoms with Crippen LogP contribution in [0.5, 0.6) is 11.9 Å². The van der Waals surface area contributed by atoms with Crippen molar-refractivity contribution in [2.45, 2.75) is 38.1 Å². The van der Waals surface area contributed by atoms with E-state index in [1.807, 2.05) is 0 Å². The minimum Gasteiger partial charge on any atom is -0.480 e. The number of methoxy groups -OCH3 is 2. The third-order valence-electron chi connectivity index (χ3n) is 5.84. The van der Waals surface area contributed by atoms with Gasteiger partial charge >= 0.3 is 6.01 Å². The summed E-state index contributed by atoms with van der Waals surface area (Å²) in [5.74, 6) is 2.07. The van der Waals surface area contributed by atoms with Crippen LogP contribution in [0.25, 0.3) is 11.1 Å². The Morgan fingerprint density at radius 2 is 1.96 bits per heavy atom. The maximum Gasteiger partial charge on any atom is 0.319 e. The maximum absolute atomic E-state index is 5.40. The summed E-state index contributed by atoms with van der Waals surface area (Å²) >= 11 is 0. The summed E-state index contributed by atoms with van der Waals surface area (Å²) in [5, 5.41) is 0. The van der Waals surface area contributed by atoms with Crippen LogP contribution < -0.4 is 9.47 Å². The molecule has 5 nitrogen and oxygen atoms in total. The van der Waals surface area contributed by atoms with Crippen molar-refractivity contribution in [3.63, 3.8) is 0 Å². The quantitative estimate of drug-likeness (QED) is 0.791. The van der Waals surface area contributed by atoms with Gasteiger partial charge < -0.3 is 14.4 Å². The van der Waals surface area contributed by atoms with E-state index in [1.165, 1.54) is 37.9 Å². The molecule has 1 saturated heterocycles. The monoisotopic (exact) mass is 353 g/mol. The fourth-order valence-electron chi connectivity index (χ4n) is 4.14. The molecule has 2 fully saturated rings. The molecule has 0 N–H and O–H groups in total. The molecule has 2 aromatic rings. The van der Waals surface area contributed by atoms with Crippen LogP contribution in [0.4, 0.5) is 0 Å². The van der Waals surface area contributed by atoms with E-state index in [0.29, 0.717) is 17.8 Å². The van der Waals surface area contributed by atoms with Crippen molar-refractivity contribution in [1.82, 2.24) is 14.9 Å². The largest absolute Gasteiger partial charge is 0.480 e. The van der Waals surface area contributed by atoms with Gasteiger partial charge in [0.25, 0.3) is 0 Å². The topological polar surface area (TPSA) is 47.5 Å². The summed E-state index contributed by atoms with van der Waals surface area (Å²) in [6.07, 6.45) is 5.79. The van der Waals surface area contributed by atoms with Gasteiger partial charge in [0, 0.05) is 18.8 Å². The number of aromatic nitrogens is 2. The molecule has 3 atom stereocenters. The Labute approximate surface area is 155 Å². The summed E-state index contributed by atoms with van der Waals surface area (Å²) < 4.78 is 10.5. The van der Waals surface area contributed by atoms with Crippen molar-refractivity contribution in [2.75, 3.05) is 27.3 Å². The molecule has 5 heteroatoms. The molecule has 0 radical (unpaired) electrons. The number of ether oxygens (including phenoxy) is 2. The van der Waals surface area contributed by atoms with Crippen LogP contribution in [0.3, 0.4) is 0 Å². The molecule has 4 rings (SSSR count). The Bertz CT molecular complexity index is 762. The first-order chi connectivity index (χ1) is 12.7. The van der Waals surface area contributed by atoms with Gasteiger partial charge in [0.2, 0.25) is 5.88 Å². The highest BCUT2D eigenvalue weighted by Gasteiger charge is 2.40. The van der Waals surface area contributed by atoms with Crippen molar-refractivity contribution in [2.24, 2.45) is 5.92 Å². The van der Waals surface area contributed by atoms with E-state index in [0.717, 1.165) is 23.1 Å². The number of hydrogen-bond donors (Lipinski definition) is 0. The minimum absolute atomic E-state index is 0.319. The van der Waals surface area contributed by atoms with Crippen molar-refractivity contribution in [1.29, 1.82) is 0 Å². The summed E-state index contributed by atoms with van der Waals surface area (Å²) in [7, 11) is 3.17. The summed E-state index contributed by atoms with van der Waals surface area (Å²) in [6.45, 7) is 4.90. The lowest BCUT2D eigenvalue weighted by Crippen LogP contribution is -2.29. The van der Waals surface area contributed by atoms with E-state index < -0.39 is 0 Å². The molecule has 0 bridgehead atoms. The zero-order chi connectivity index (χ0) is 18.1. The van der Waals surface area contributed by atoms with Crippen LogP contribution in [-0.2, 0) is 0 Å². The zero-order valence-electron chi connectivity index (χ0n) is 15.8. The number of benzene rings is 1. The van der Waals surface area contributed by atoms with Crippen LogP contribution in [0, 0.1) is 5.92 Å². The molecule has 2 aliphatic rings. The molecule has 1 aliphatic heterocycles. The third-order valence-corrected chi connectivity index (χ3v) is 5.84. The molecule has 0 spiro atoms. The van der Waals surface area contributed by atoms with Crippen molar-refractivity contribution < 1.29 is 9.47 Å². The van der Waals surface area contributed by atoms with Crippen LogP contribution in [0.1, 0.15) is 37.7 Å². The Balaban J connectivity index is 1.45. The predicted molar refractivity (Wildman–Crippen MR) is 102 cm³/mol. The highest BCUT2D eigenvalue weighted by Crippen LogP contribution is 2.48. The van der Waals surface area contributed by atoms with E-state index in [2.05, 4.69) is 46.1 Å². The van der Waals surface area contributed by atoms with Crippen LogP contribution >= 0.6 is 0 Å². The van der Waals surface area contributed by atoms with Gasteiger partial charge in [-0.15, -0.1) is 0 Å². The molecule has 26 heavy (non-hydrogen) atoms. The minimum atomic E-state index is 0.319. The zero-order valence-corrected chi connectivity index (χ0v) is 15.8. The molecule has 1 aromatic heterocycles. The first-order valence-corrected chi connectivity index (χ1v) is 9.49. The number of hydrogen-bond acceptors (Lipinski definition) is 5. The fourth-order valence-corrected chi connectivity index (χ4v) is 4.14. The number of likely N-dealkylation sites (tertiary alicyclic amines) is 1. The highest BCUT2D eigenvalue weighted by atomic mass is 16.5. The molecule has 2 heterocycles. The summed E-state index contributed by atoms with van der Waals surface area (Å²) in [5.41, 5.74) is 3.40. The molecule has 0 amide bonds. The molecule has 1 aliphatic carbocycles. The molecular formula is C21H27N3O2. The van der Waals surface area contributed by atoms with Gasteiger partial charge in [0.05, 0.1) is 19.8 Å². The predicted octanol–water partition coefficient (Wildman–Crippen LogP) is 3.75. The number of rotatable bonds is 6. The van der Waals surface area contributed by atoms with Crippen LogP contribution in [0.2, 0.25) is 0 Å². The lowest BCUT2D eigenvalue weighted by molar-refractivity contribution is 0.256. The van der Waals surface area contributed by atoms with Gasteiger partial charge in [-0.3, -0.25) is 0 Å². The number of nitrogens with zero attached hydrogens (tertiary/aromatic N) is 3. The lowest BCUT2D eigenvalue weighted by atomic mass is 10.0. The first kappa shape index (κ1) is 17.3. The second-order valence-corrected chi connectivity index (χ2v) is 7.49. The normalized spacial score (nSPS) is 25.3. The first-order valence-electron chi connectivity index (χ1n) is 9.49. The Morgan fingerprint density at radius 1 is 1.15 bits per heavy atom. The van der Waals surface area contributed by atoms with E-state index >= 15 is 0 Å². The molecule has 1 aromatic carbocycles. The van der Waals surface area contributed by atoms with Crippen LogP contribution in [0.15, 0.2) is 30.5 Å². The molecular weight excluding hydrogens is 326 g/mol. The Kier molecular flexibility index (Phi) is 4.81. The van der Waals surface area contributed by atoms with Crippen molar-refractivity contribution >= 4 is 0 Å². The molecule has 138 valence electrons. The maximum atomic E-state index is 5.40.